The summed E-state index contributed by atoms with van der Waals surface area (Å²) in [6, 6.07) is 2.58. The molecule has 1 aromatic heterocycles. The van der Waals surface area contributed by atoms with Gasteiger partial charge in [0.25, 0.3) is 0 Å². The number of likely N-dealkylation sites (tertiary alicyclic amines) is 1. The van der Waals surface area contributed by atoms with Gasteiger partial charge in [0.05, 0.1) is 23.9 Å². The number of nitriles is 1. The fourth-order valence-electron chi connectivity index (χ4n) is 3.58. The summed E-state index contributed by atoms with van der Waals surface area (Å²) in [6.45, 7) is 3.46. The van der Waals surface area contributed by atoms with Crippen LogP contribution < -0.4 is 10.6 Å². The largest absolute Gasteiger partial charge is 0.417 e. The van der Waals surface area contributed by atoms with Gasteiger partial charge in [-0.25, -0.2) is 4.98 Å². The number of aromatic nitrogens is 1. The molecule has 0 radical (unpaired) electrons. The Hall–Kier alpha value is -2.64. The fraction of sp³-hybridized carbons (Fsp3) is 0.550. The molecule has 0 aliphatic carbocycles. The molecule has 10 heteroatoms. The Kier molecular flexibility index (Phi) is 6.95. The average molecular weight is 422 g/mol. The normalized spacial score (nSPS) is 19.2. The van der Waals surface area contributed by atoms with Crippen LogP contribution >= 0.6 is 0 Å². The highest BCUT2D eigenvalue weighted by atomic mass is 19.4. The number of nitrogens with zero attached hydrogens (tertiary/aromatic N) is 5. The Labute approximate surface area is 173 Å². The molecule has 0 spiro atoms. The van der Waals surface area contributed by atoms with Crippen LogP contribution in [0.1, 0.15) is 36.1 Å². The molecule has 3 rings (SSSR count). The van der Waals surface area contributed by atoms with E-state index in [1.807, 2.05) is 0 Å². The van der Waals surface area contributed by atoms with Crippen LogP contribution in [-0.2, 0) is 6.18 Å². The Morgan fingerprint density at radius 1 is 1.33 bits per heavy atom. The van der Waals surface area contributed by atoms with Crippen molar-refractivity contribution in [1.29, 1.82) is 5.26 Å². The highest BCUT2D eigenvalue weighted by Gasteiger charge is 2.37. The van der Waals surface area contributed by atoms with E-state index in [-0.39, 0.29) is 29.7 Å². The summed E-state index contributed by atoms with van der Waals surface area (Å²) in [5.41, 5.74) is 4.55. The van der Waals surface area contributed by atoms with E-state index in [1.54, 1.807) is 11.0 Å². The molecule has 30 heavy (non-hydrogen) atoms. The minimum absolute atomic E-state index is 0.0326. The predicted octanol–water partition coefficient (Wildman–Crippen LogP) is 2.01. The lowest BCUT2D eigenvalue weighted by Gasteiger charge is -2.33. The van der Waals surface area contributed by atoms with Gasteiger partial charge in [0, 0.05) is 50.7 Å². The molecule has 0 bridgehead atoms. The second-order valence-electron chi connectivity index (χ2n) is 7.40. The molecular formula is C20H25F3N6O. The summed E-state index contributed by atoms with van der Waals surface area (Å²) >= 11 is 0. The number of anilines is 1. The van der Waals surface area contributed by atoms with E-state index in [2.05, 4.69) is 14.9 Å². The molecule has 0 unspecified atom stereocenters. The Balaban J connectivity index is 1.87. The van der Waals surface area contributed by atoms with Crippen LogP contribution in [0.2, 0.25) is 0 Å². The third kappa shape index (κ3) is 4.91. The third-order valence-electron chi connectivity index (χ3n) is 5.45. The SMILES string of the molecule is N#Cc1c(C(F)(F)F)cc(C(C=NC2CCN(CCO)CC2)=CN)nc1N1CCC1. The molecule has 2 fully saturated rings. The van der Waals surface area contributed by atoms with Gasteiger partial charge in [0.15, 0.2) is 0 Å². The molecule has 162 valence electrons. The number of pyridine rings is 1. The van der Waals surface area contributed by atoms with Gasteiger partial charge in [-0.1, -0.05) is 0 Å². The van der Waals surface area contributed by atoms with Crippen molar-refractivity contribution >= 4 is 17.6 Å². The average Bonchev–Trinajstić information content (AvgIpc) is 2.67. The van der Waals surface area contributed by atoms with Crippen molar-refractivity contribution in [1.82, 2.24) is 9.88 Å². The first-order valence-electron chi connectivity index (χ1n) is 9.93. The lowest BCUT2D eigenvalue weighted by molar-refractivity contribution is -0.137. The van der Waals surface area contributed by atoms with Crippen molar-refractivity contribution in [2.75, 3.05) is 44.2 Å². The van der Waals surface area contributed by atoms with E-state index < -0.39 is 17.3 Å². The highest BCUT2D eigenvalue weighted by Crippen LogP contribution is 2.37. The zero-order chi connectivity index (χ0) is 21.7. The molecule has 3 N–H and O–H groups in total. The van der Waals surface area contributed by atoms with Crippen LogP contribution in [0.4, 0.5) is 19.0 Å². The maximum absolute atomic E-state index is 13.6. The van der Waals surface area contributed by atoms with E-state index >= 15 is 0 Å². The zero-order valence-electron chi connectivity index (χ0n) is 16.6. The van der Waals surface area contributed by atoms with Gasteiger partial charge < -0.3 is 20.6 Å². The van der Waals surface area contributed by atoms with Crippen LogP contribution in [0.15, 0.2) is 17.3 Å². The number of alkyl halides is 3. The molecule has 0 amide bonds. The predicted molar refractivity (Wildman–Crippen MR) is 108 cm³/mol. The highest BCUT2D eigenvalue weighted by molar-refractivity contribution is 6.09. The van der Waals surface area contributed by atoms with Crippen LogP contribution in [0, 0.1) is 11.3 Å². The number of hydrogen-bond donors (Lipinski definition) is 2. The summed E-state index contributed by atoms with van der Waals surface area (Å²) in [5.74, 6) is 0.0404. The number of aliphatic hydroxyl groups is 1. The number of nitrogens with two attached hydrogens (primary N) is 1. The van der Waals surface area contributed by atoms with Crippen LogP contribution in [-0.4, -0.2) is 66.6 Å². The second-order valence-corrected chi connectivity index (χ2v) is 7.40. The molecule has 2 saturated heterocycles. The molecule has 2 aliphatic rings. The van der Waals surface area contributed by atoms with Crippen molar-refractivity contribution in [3.05, 3.63) is 29.1 Å². The van der Waals surface area contributed by atoms with Crippen molar-refractivity contribution in [2.24, 2.45) is 10.7 Å². The number of aliphatic imine (C=N–C) groups is 1. The zero-order valence-corrected chi connectivity index (χ0v) is 16.6. The standard InChI is InChI=1S/C20H25F3N6O/c21-20(22,23)17-10-18(27-19(16(17)12-25)29-4-1-5-29)14(11-24)13-26-15-2-6-28(7-3-15)8-9-30/h10-11,13,15,30H,1-9,24H2. The summed E-state index contributed by atoms with van der Waals surface area (Å²) in [4.78, 5) is 12.7. The van der Waals surface area contributed by atoms with E-state index in [4.69, 9.17) is 10.8 Å². The van der Waals surface area contributed by atoms with Crippen LogP contribution in [0.5, 0.6) is 0 Å². The maximum Gasteiger partial charge on any atom is 0.417 e. The fourth-order valence-corrected chi connectivity index (χ4v) is 3.58. The third-order valence-corrected chi connectivity index (χ3v) is 5.45. The monoisotopic (exact) mass is 422 g/mol. The van der Waals surface area contributed by atoms with Gasteiger partial charge in [-0.3, -0.25) is 4.99 Å². The molecule has 2 aliphatic heterocycles. The number of piperidine rings is 1. The van der Waals surface area contributed by atoms with Crippen molar-refractivity contribution in [2.45, 2.75) is 31.5 Å². The van der Waals surface area contributed by atoms with Crippen LogP contribution in [0.3, 0.4) is 0 Å². The lowest BCUT2D eigenvalue weighted by atomic mass is 10.0. The first-order valence-corrected chi connectivity index (χ1v) is 9.93. The number of halogens is 3. The number of allylic oxidation sites excluding steroid dienone is 1. The van der Waals surface area contributed by atoms with Gasteiger partial charge in [0.2, 0.25) is 0 Å². The minimum Gasteiger partial charge on any atom is -0.404 e. The Morgan fingerprint density at radius 3 is 2.53 bits per heavy atom. The Morgan fingerprint density at radius 2 is 2.03 bits per heavy atom. The van der Waals surface area contributed by atoms with Crippen molar-refractivity contribution in [3.63, 3.8) is 0 Å². The molecule has 0 saturated carbocycles. The quantitative estimate of drug-likeness (QED) is 0.680. The second kappa shape index (κ2) is 9.45. The van der Waals surface area contributed by atoms with Gasteiger partial charge in [0.1, 0.15) is 17.5 Å². The first-order chi connectivity index (χ1) is 14.4. The summed E-state index contributed by atoms with van der Waals surface area (Å²) in [6.07, 6.45) is 0.413. The number of aliphatic hydroxyl groups excluding tert-OH is 1. The Bertz CT molecular complexity index is 849. The van der Waals surface area contributed by atoms with Crippen LogP contribution in [0.25, 0.3) is 5.57 Å². The summed E-state index contributed by atoms with van der Waals surface area (Å²) in [7, 11) is 0. The van der Waals surface area contributed by atoms with Gasteiger partial charge in [-0.05, 0) is 25.3 Å². The first kappa shape index (κ1) is 22.1. The van der Waals surface area contributed by atoms with Gasteiger partial charge in [-0.2, -0.15) is 18.4 Å². The lowest BCUT2D eigenvalue weighted by Crippen LogP contribution is -2.38. The molecular weight excluding hydrogens is 397 g/mol. The smallest absolute Gasteiger partial charge is 0.404 e. The number of rotatable bonds is 6. The minimum atomic E-state index is -4.68. The van der Waals surface area contributed by atoms with E-state index in [1.165, 1.54) is 12.4 Å². The van der Waals surface area contributed by atoms with E-state index in [0.29, 0.717) is 19.6 Å². The van der Waals surface area contributed by atoms with E-state index in [9.17, 15) is 18.4 Å². The van der Waals surface area contributed by atoms with Gasteiger partial charge in [-0.15, -0.1) is 0 Å². The van der Waals surface area contributed by atoms with E-state index in [0.717, 1.165) is 38.4 Å². The molecule has 7 nitrogen and oxygen atoms in total. The molecule has 1 aromatic rings. The molecule has 0 aromatic carbocycles. The van der Waals surface area contributed by atoms with Gasteiger partial charge >= 0.3 is 6.18 Å². The molecule has 0 atom stereocenters. The van der Waals surface area contributed by atoms with Crippen molar-refractivity contribution in [3.8, 4) is 6.07 Å². The topological polar surface area (TPSA) is 102 Å². The van der Waals surface area contributed by atoms with Crippen molar-refractivity contribution < 1.29 is 18.3 Å². The number of β-amino-alcohol motifs (C(OH)–C–C–N with tert-alkyl or cyclic N) is 1. The number of hydrogen-bond acceptors (Lipinski definition) is 7. The maximum atomic E-state index is 13.6. The summed E-state index contributed by atoms with van der Waals surface area (Å²) < 4.78 is 40.9. The summed E-state index contributed by atoms with van der Waals surface area (Å²) in [5, 5.41) is 18.4. The molecule has 3 heterocycles.